The number of nitrogens with zero attached hydrogens (tertiary/aromatic N) is 1. The number of hydrogen-bond donors (Lipinski definition) is 2. The Morgan fingerprint density at radius 3 is 2.48 bits per heavy atom. The van der Waals surface area contributed by atoms with Crippen LogP contribution in [0.15, 0.2) is 12.1 Å². The zero-order valence-electron chi connectivity index (χ0n) is 13.3. The van der Waals surface area contributed by atoms with Gasteiger partial charge in [-0.25, -0.2) is 0 Å². The average molecular weight is 296 g/mol. The molecule has 6 heteroatoms. The molecule has 0 saturated carbocycles. The molecule has 0 bridgehead atoms. The number of nitrogens with one attached hydrogen (secondary N) is 1. The molecular formula is C15H24N2O4. The molecule has 1 atom stereocenters. The van der Waals surface area contributed by atoms with Gasteiger partial charge in [-0.15, -0.1) is 0 Å². The van der Waals surface area contributed by atoms with Gasteiger partial charge in [0.25, 0.3) is 5.69 Å². The number of aliphatic hydroxyl groups is 1. The van der Waals surface area contributed by atoms with E-state index in [-0.39, 0.29) is 17.8 Å². The first kappa shape index (κ1) is 17.4. The monoisotopic (exact) mass is 296 g/mol. The van der Waals surface area contributed by atoms with Crippen LogP contribution < -0.4 is 10.1 Å². The van der Waals surface area contributed by atoms with E-state index in [0.29, 0.717) is 23.4 Å². The van der Waals surface area contributed by atoms with Crippen molar-refractivity contribution in [2.45, 2.75) is 46.3 Å². The Hall–Kier alpha value is -1.66. The van der Waals surface area contributed by atoms with E-state index in [1.54, 1.807) is 19.9 Å². The van der Waals surface area contributed by atoms with Crippen LogP contribution in [0.1, 0.15) is 31.9 Å². The van der Waals surface area contributed by atoms with Gasteiger partial charge >= 0.3 is 0 Å². The van der Waals surface area contributed by atoms with Crippen molar-refractivity contribution in [3.8, 4) is 5.75 Å². The van der Waals surface area contributed by atoms with Gasteiger partial charge in [-0.05, 0) is 46.2 Å². The van der Waals surface area contributed by atoms with Gasteiger partial charge in [-0.2, -0.15) is 0 Å². The summed E-state index contributed by atoms with van der Waals surface area (Å²) in [7, 11) is 0. The number of ether oxygens (including phenoxy) is 1. The summed E-state index contributed by atoms with van der Waals surface area (Å²) in [6.07, 6.45) is -0.640. The normalized spacial score (nSPS) is 13.0. The smallest absolute Gasteiger partial charge is 0.272 e. The molecule has 0 aliphatic carbocycles. The molecule has 0 heterocycles. The fourth-order valence-electron chi connectivity index (χ4n) is 1.80. The van der Waals surface area contributed by atoms with Crippen molar-refractivity contribution >= 4 is 5.69 Å². The second-order valence-electron chi connectivity index (χ2n) is 6.26. The Bertz CT molecular complexity index is 509. The number of hydrogen-bond acceptors (Lipinski definition) is 5. The van der Waals surface area contributed by atoms with Gasteiger partial charge in [0.1, 0.15) is 18.5 Å². The maximum atomic E-state index is 10.8. The van der Waals surface area contributed by atoms with Crippen molar-refractivity contribution in [1.29, 1.82) is 0 Å². The fraction of sp³-hybridized carbons (Fsp3) is 0.600. The lowest BCUT2D eigenvalue weighted by molar-refractivity contribution is -0.385. The van der Waals surface area contributed by atoms with Gasteiger partial charge in [0, 0.05) is 23.7 Å². The maximum absolute atomic E-state index is 10.8. The van der Waals surface area contributed by atoms with Crippen molar-refractivity contribution in [2.75, 3.05) is 13.2 Å². The Balaban J connectivity index is 2.64. The first-order valence-electron chi connectivity index (χ1n) is 6.91. The molecule has 2 N–H and O–H groups in total. The lowest BCUT2D eigenvalue weighted by Crippen LogP contribution is -2.42. The third kappa shape index (κ3) is 5.69. The minimum Gasteiger partial charge on any atom is -0.491 e. The van der Waals surface area contributed by atoms with Crippen molar-refractivity contribution in [3.05, 3.63) is 33.4 Å². The third-order valence-electron chi connectivity index (χ3n) is 2.99. The summed E-state index contributed by atoms with van der Waals surface area (Å²) in [5.41, 5.74) is 1.24. The molecule has 6 nitrogen and oxygen atoms in total. The predicted molar refractivity (Wildman–Crippen MR) is 81.8 cm³/mol. The Labute approximate surface area is 125 Å². The van der Waals surface area contributed by atoms with Gasteiger partial charge < -0.3 is 15.2 Å². The lowest BCUT2D eigenvalue weighted by Gasteiger charge is -2.23. The maximum Gasteiger partial charge on any atom is 0.272 e. The first-order valence-corrected chi connectivity index (χ1v) is 6.91. The minimum absolute atomic E-state index is 0.0686. The van der Waals surface area contributed by atoms with Gasteiger partial charge in [-0.1, -0.05) is 0 Å². The quantitative estimate of drug-likeness (QED) is 0.621. The summed E-state index contributed by atoms with van der Waals surface area (Å²) < 4.78 is 5.57. The molecule has 21 heavy (non-hydrogen) atoms. The average Bonchev–Trinajstić information content (AvgIpc) is 2.35. The number of nitro benzene ring substituents is 1. The highest BCUT2D eigenvalue weighted by atomic mass is 16.6. The van der Waals surface area contributed by atoms with E-state index in [2.05, 4.69) is 5.32 Å². The number of benzene rings is 1. The lowest BCUT2D eigenvalue weighted by atomic mass is 10.1. The summed E-state index contributed by atoms with van der Waals surface area (Å²) in [6, 6.07) is 3.13. The number of aryl methyl sites for hydroxylation is 2. The predicted octanol–water partition coefficient (Wildman–Crippen LogP) is 2.34. The van der Waals surface area contributed by atoms with Crippen LogP contribution in [0.4, 0.5) is 5.69 Å². The highest BCUT2D eigenvalue weighted by Gasteiger charge is 2.16. The van der Waals surface area contributed by atoms with Gasteiger partial charge in [0.2, 0.25) is 0 Å². The van der Waals surface area contributed by atoms with E-state index in [9.17, 15) is 15.2 Å². The highest BCUT2D eigenvalue weighted by Crippen LogP contribution is 2.27. The number of nitro groups is 1. The summed E-state index contributed by atoms with van der Waals surface area (Å²) in [5.74, 6) is 0.563. The van der Waals surface area contributed by atoms with Crippen LogP contribution in [0.2, 0.25) is 0 Å². The second kappa shape index (κ2) is 6.87. The number of aliphatic hydroxyl groups excluding tert-OH is 1. The van der Waals surface area contributed by atoms with E-state index in [4.69, 9.17) is 4.74 Å². The minimum atomic E-state index is -0.640. The van der Waals surface area contributed by atoms with E-state index >= 15 is 0 Å². The van der Waals surface area contributed by atoms with Crippen LogP contribution in [-0.4, -0.2) is 34.8 Å². The van der Waals surface area contributed by atoms with Crippen molar-refractivity contribution in [1.82, 2.24) is 5.32 Å². The van der Waals surface area contributed by atoms with E-state index < -0.39 is 11.0 Å². The van der Waals surface area contributed by atoms with Gasteiger partial charge in [0.15, 0.2) is 0 Å². The van der Waals surface area contributed by atoms with Crippen LogP contribution in [0.3, 0.4) is 0 Å². The summed E-state index contributed by atoms with van der Waals surface area (Å²) >= 11 is 0. The standard InChI is InChI=1S/C15H24N2O4/c1-10-7-14(11(2)6-13(10)17(19)20)21-9-12(18)8-16-15(3,4)5/h6-7,12,16,18H,8-9H2,1-5H3. The van der Waals surface area contributed by atoms with Crippen LogP contribution in [0.25, 0.3) is 0 Å². The molecule has 1 unspecified atom stereocenters. The summed E-state index contributed by atoms with van der Waals surface area (Å²) in [4.78, 5) is 10.4. The molecule has 0 fully saturated rings. The molecular weight excluding hydrogens is 272 g/mol. The molecule has 118 valence electrons. The molecule has 1 aromatic rings. The molecule has 0 radical (unpaired) electrons. The fourth-order valence-corrected chi connectivity index (χ4v) is 1.80. The Morgan fingerprint density at radius 2 is 1.95 bits per heavy atom. The van der Waals surface area contributed by atoms with Crippen molar-refractivity contribution in [2.24, 2.45) is 0 Å². The molecule has 0 aliphatic rings. The van der Waals surface area contributed by atoms with Gasteiger partial charge in [0.05, 0.1) is 4.92 Å². The molecule has 0 aromatic heterocycles. The van der Waals surface area contributed by atoms with Crippen molar-refractivity contribution in [3.63, 3.8) is 0 Å². The van der Waals surface area contributed by atoms with Gasteiger partial charge in [-0.3, -0.25) is 10.1 Å². The SMILES string of the molecule is Cc1cc([N+](=O)[O-])c(C)cc1OCC(O)CNC(C)(C)C. The highest BCUT2D eigenvalue weighted by molar-refractivity contribution is 5.49. The second-order valence-corrected chi connectivity index (χ2v) is 6.26. The molecule has 0 aliphatic heterocycles. The molecule has 0 amide bonds. The van der Waals surface area contributed by atoms with Crippen LogP contribution in [-0.2, 0) is 0 Å². The number of rotatable bonds is 6. The number of β-amino-alcohol motifs (C(OH)–C–C–N with tert-alkyl or cyclic N) is 1. The summed E-state index contributed by atoms with van der Waals surface area (Å²) in [5, 5.41) is 23.9. The molecule has 0 spiro atoms. The van der Waals surface area contributed by atoms with Crippen LogP contribution in [0, 0.1) is 24.0 Å². The molecule has 1 aromatic carbocycles. The largest absolute Gasteiger partial charge is 0.491 e. The molecule has 0 saturated heterocycles. The van der Waals surface area contributed by atoms with Crippen molar-refractivity contribution < 1.29 is 14.8 Å². The zero-order chi connectivity index (χ0) is 16.2. The zero-order valence-corrected chi connectivity index (χ0v) is 13.3. The Morgan fingerprint density at radius 1 is 1.33 bits per heavy atom. The van der Waals surface area contributed by atoms with E-state index in [1.165, 1.54) is 6.07 Å². The van der Waals surface area contributed by atoms with E-state index in [0.717, 1.165) is 0 Å². The van der Waals surface area contributed by atoms with Crippen LogP contribution in [0.5, 0.6) is 5.75 Å². The Kier molecular flexibility index (Phi) is 5.69. The van der Waals surface area contributed by atoms with Crippen LogP contribution >= 0.6 is 0 Å². The summed E-state index contributed by atoms with van der Waals surface area (Å²) in [6.45, 7) is 10.0. The third-order valence-corrected chi connectivity index (χ3v) is 2.99. The topological polar surface area (TPSA) is 84.6 Å². The van der Waals surface area contributed by atoms with E-state index in [1.807, 2.05) is 20.8 Å². The molecule has 1 rings (SSSR count). The first-order chi connectivity index (χ1) is 9.60.